The summed E-state index contributed by atoms with van der Waals surface area (Å²) in [4.78, 5) is 11.7. The SMILES string of the molecule is Cc1ccc(C)c(S(=O)(=O)NCCNC(=O)NCC(C)C)c1. The number of aryl methyl sites for hydroxylation is 2. The molecule has 1 rings (SSSR count). The molecule has 0 aliphatic heterocycles. The van der Waals surface area contributed by atoms with E-state index in [4.69, 9.17) is 0 Å². The van der Waals surface area contributed by atoms with E-state index in [9.17, 15) is 13.2 Å². The van der Waals surface area contributed by atoms with Gasteiger partial charge in [-0.25, -0.2) is 17.9 Å². The first-order valence-electron chi connectivity index (χ1n) is 7.31. The molecular formula is C15H25N3O3S. The molecule has 2 amide bonds. The van der Waals surface area contributed by atoms with Crippen LogP contribution in [0.1, 0.15) is 25.0 Å². The van der Waals surface area contributed by atoms with Gasteiger partial charge in [0.25, 0.3) is 0 Å². The molecule has 0 heterocycles. The van der Waals surface area contributed by atoms with Gasteiger partial charge in [-0.05, 0) is 37.0 Å². The van der Waals surface area contributed by atoms with E-state index in [1.54, 1.807) is 19.1 Å². The van der Waals surface area contributed by atoms with Crippen LogP contribution in [0.4, 0.5) is 4.79 Å². The highest BCUT2D eigenvalue weighted by Crippen LogP contribution is 2.16. The van der Waals surface area contributed by atoms with Crippen molar-refractivity contribution in [1.29, 1.82) is 0 Å². The van der Waals surface area contributed by atoms with Crippen LogP contribution in [0.5, 0.6) is 0 Å². The van der Waals surface area contributed by atoms with E-state index in [0.717, 1.165) is 5.56 Å². The van der Waals surface area contributed by atoms with Crippen molar-refractivity contribution < 1.29 is 13.2 Å². The molecule has 0 unspecified atom stereocenters. The second-order valence-electron chi connectivity index (χ2n) is 5.70. The normalized spacial score (nSPS) is 11.5. The Bertz CT molecular complexity index is 612. The summed E-state index contributed by atoms with van der Waals surface area (Å²) >= 11 is 0. The smallest absolute Gasteiger partial charge is 0.314 e. The zero-order valence-electron chi connectivity index (χ0n) is 13.6. The molecular weight excluding hydrogens is 302 g/mol. The molecule has 0 saturated heterocycles. The first-order chi connectivity index (χ1) is 10.2. The summed E-state index contributed by atoms with van der Waals surface area (Å²) in [5, 5.41) is 5.31. The Morgan fingerprint density at radius 1 is 1.14 bits per heavy atom. The van der Waals surface area contributed by atoms with Crippen LogP contribution in [-0.2, 0) is 10.0 Å². The van der Waals surface area contributed by atoms with Crippen LogP contribution in [-0.4, -0.2) is 34.1 Å². The fraction of sp³-hybridized carbons (Fsp3) is 0.533. The molecule has 124 valence electrons. The number of hydrogen-bond acceptors (Lipinski definition) is 3. The molecule has 0 saturated carbocycles. The maximum atomic E-state index is 12.2. The van der Waals surface area contributed by atoms with Crippen molar-refractivity contribution >= 4 is 16.1 Å². The lowest BCUT2D eigenvalue weighted by Gasteiger charge is -2.12. The van der Waals surface area contributed by atoms with Gasteiger partial charge in [-0.2, -0.15) is 0 Å². The van der Waals surface area contributed by atoms with Crippen LogP contribution in [0.15, 0.2) is 23.1 Å². The highest BCUT2D eigenvalue weighted by atomic mass is 32.2. The number of carbonyl (C=O) groups excluding carboxylic acids is 1. The van der Waals surface area contributed by atoms with Gasteiger partial charge in [0.1, 0.15) is 0 Å². The lowest BCUT2D eigenvalue weighted by Crippen LogP contribution is -2.41. The number of urea groups is 1. The van der Waals surface area contributed by atoms with Crippen molar-refractivity contribution in [3.05, 3.63) is 29.3 Å². The Balaban J connectivity index is 2.47. The molecule has 1 aromatic carbocycles. The molecule has 0 fully saturated rings. The zero-order valence-corrected chi connectivity index (χ0v) is 14.4. The van der Waals surface area contributed by atoms with Gasteiger partial charge in [-0.15, -0.1) is 0 Å². The summed E-state index contributed by atoms with van der Waals surface area (Å²) in [5.74, 6) is 0.369. The highest BCUT2D eigenvalue weighted by molar-refractivity contribution is 7.89. The second kappa shape index (κ2) is 8.14. The summed E-state index contributed by atoms with van der Waals surface area (Å²) < 4.78 is 26.9. The molecule has 0 radical (unpaired) electrons. The van der Waals surface area contributed by atoms with Crippen molar-refractivity contribution in [1.82, 2.24) is 15.4 Å². The molecule has 0 bridgehead atoms. The third-order valence-corrected chi connectivity index (χ3v) is 4.61. The largest absolute Gasteiger partial charge is 0.338 e. The predicted octanol–water partition coefficient (Wildman–Crippen LogP) is 1.54. The Morgan fingerprint density at radius 2 is 1.82 bits per heavy atom. The average Bonchev–Trinajstić information content (AvgIpc) is 2.44. The molecule has 0 aromatic heterocycles. The van der Waals surface area contributed by atoms with Crippen LogP contribution >= 0.6 is 0 Å². The topological polar surface area (TPSA) is 87.3 Å². The lowest BCUT2D eigenvalue weighted by molar-refractivity contribution is 0.239. The number of hydrogen-bond donors (Lipinski definition) is 3. The Kier molecular flexibility index (Phi) is 6.83. The first-order valence-corrected chi connectivity index (χ1v) is 8.79. The van der Waals surface area contributed by atoms with Gasteiger partial charge in [0, 0.05) is 19.6 Å². The van der Waals surface area contributed by atoms with Crippen LogP contribution < -0.4 is 15.4 Å². The zero-order chi connectivity index (χ0) is 16.8. The Hall–Kier alpha value is -1.60. The summed E-state index contributed by atoms with van der Waals surface area (Å²) in [7, 11) is -3.56. The van der Waals surface area contributed by atoms with Gasteiger partial charge in [-0.3, -0.25) is 0 Å². The van der Waals surface area contributed by atoms with Crippen LogP contribution in [0.25, 0.3) is 0 Å². The molecule has 6 nitrogen and oxygen atoms in total. The van der Waals surface area contributed by atoms with E-state index in [2.05, 4.69) is 15.4 Å². The second-order valence-corrected chi connectivity index (χ2v) is 7.43. The molecule has 22 heavy (non-hydrogen) atoms. The fourth-order valence-electron chi connectivity index (χ4n) is 1.80. The quantitative estimate of drug-likeness (QED) is 0.664. The lowest BCUT2D eigenvalue weighted by atomic mass is 10.2. The van der Waals surface area contributed by atoms with Gasteiger partial charge in [-0.1, -0.05) is 26.0 Å². The molecule has 0 aliphatic rings. The van der Waals surface area contributed by atoms with Gasteiger partial charge >= 0.3 is 6.03 Å². The van der Waals surface area contributed by atoms with Gasteiger partial charge in [0.05, 0.1) is 4.90 Å². The molecule has 0 atom stereocenters. The van der Waals surface area contributed by atoms with E-state index in [1.807, 2.05) is 26.8 Å². The van der Waals surface area contributed by atoms with Gasteiger partial charge < -0.3 is 10.6 Å². The van der Waals surface area contributed by atoms with E-state index < -0.39 is 10.0 Å². The van der Waals surface area contributed by atoms with Crippen molar-refractivity contribution in [2.45, 2.75) is 32.6 Å². The van der Waals surface area contributed by atoms with Crippen LogP contribution in [0.3, 0.4) is 0 Å². The van der Waals surface area contributed by atoms with E-state index in [0.29, 0.717) is 18.0 Å². The minimum absolute atomic E-state index is 0.144. The number of nitrogens with one attached hydrogen (secondary N) is 3. The fourth-order valence-corrected chi connectivity index (χ4v) is 3.15. The maximum absolute atomic E-state index is 12.2. The van der Waals surface area contributed by atoms with E-state index >= 15 is 0 Å². The average molecular weight is 327 g/mol. The number of rotatable bonds is 7. The number of carbonyl (C=O) groups is 1. The van der Waals surface area contributed by atoms with E-state index in [1.165, 1.54) is 0 Å². The minimum atomic E-state index is -3.56. The summed E-state index contributed by atoms with van der Waals surface area (Å²) in [6.45, 7) is 8.56. The maximum Gasteiger partial charge on any atom is 0.314 e. The molecule has 7 heteroatoms. The standard InChI is InChI=1S/C15H25N3O3S/c1-11(2)10-17-15(19)16-7-8-18-22(20,21)14-9-12(3)5-6-13(14)4/h5-6,9,11,18H,7-8,10H2,1-4H3,(H2,16,17,19). The van der Waals surface area contributed by atoms with E-state index in [-0.39, 0.29) is 24.0 Å². The molecule has 0 aliphatic carbocycles. The molecule has 3 N–H and O–H groups in total. The predicted molar refractivity (Wildman–Crippen MR) is 87.3 cm³/mol. The Morgan fingerprint density at radius 3 is 2.45 bits per heavy atom. The van der Waals surface area contributed by atoms with Crippen LogP contribution in [0.2, 0.25) is 0 Å². The monoisotopic (exact) mass is 327 g/mol. The number of amides is 2. The molecule has 0 spiro atoms. The third-order valence-electron chi connectivity index (χ3n) is 3.01. The Labute approximate surface area is 132 Å². The van der Waals surface area contributed by atoms with Crippen LogP contribution in [0, 0.1) is 19.8 Å². The number of benzene rings is 1. The van der Waals surface area contributed by atoms with Crippen molar-refractivity contribution in [2.24, 2.45) is 5.92 Å². The summed E-state index contributed by atoms with van der Waals surface area (Å²) in [5.41, 5.74) is 1.58. The highest BCUT2D eigenvalue weighted by Gasteiger charge is 2.16. The van der Waals surface area contributed by atoms with Crippen molar-refractivity contribution in [3.8, 4) is 0 Å². The minimum Gasteiger partial charge on any atom is -0.338 e. The first kappa shape index (κ1) is 18.4. The van der Waals surface area contributed by atoms with Crippen molar-refractivity contribution in [2.75, 3.05) is 19.6 Å². The van der Waals surface area contributed by atoms with Crippen molar-refractivity contribution in [3.63, 3.8) is 0 Å². The summed E-state index contributed by atoms with van der Waals surface area (Å²) in [6.07, 6.45) is 0. The number of sulfonamides is 1. The van der Waals surface area contributed by atoms with Gasteiger partial charge in [0.15, 0.2) is 0 Å². The summed E-state index contributed by atoms with van der Waals surface area (Å²) in [6, 6.07) is 5.00. The molecule has 1 aromatic rings. The van der Waals surface area contributed by atoms with Gasteiger partial charge in [0.2, 0.25) is 10.0 Å². The third kappa shape index (κ3) is 6.03.